The maximum absolute atomic E-state index is 12.1. The molecule has 0 aliphatic carbocycles. The molecule has 1 rings (SSSR count). The van der Waals surface area contributed by atoms with Gasteiger partial charge in [0.25, 0.3) is 0 Å². The van der Waals surface area contributed by atoms with Crippen LogP contribution in [-0.2, 0) is 21.7 Å². The molecule has 0 radical (unpaired) electrons. The molecule has 0 bridgehead atoms. The summed E-state index contributed by atoms with van der Waals surface area (Å²) in [5.41, 5.74) is 1.73. The van der Waals surface area contributed by atoms with E-state index in [1.165, 1.54) is 4.31 Å². The average Bonchev–Trinajstić information content (AvgIpc) is 2.35. The molecule has 0 amide bonds. The smallest absolute Gasteiger partial charge is 0.212 e. The first-order chi connectivity index (χ1) is 8.49. The van der Waals surface area contributed by atoms with Gasteiger partial charge in [-0.05, 0) is 17.5 Å². The van der Waals surface area contributed by atoms with Crippen LogP contribution >= 0.6 is 11.6 Å². The zero-order valence-electron chi connectivity index (χ0n) is 10.9. The fourth-order valence-electron chi connectivity index (χ4n) is 1.64. The first-order valence-electron chi connectivity index (χ1n) is 6.07. The minimum atomic E-state index is -3.22. The molecule has 5 heteroatoms. The van der Waals surface area contributed by atoms with Gasteiger partial charge in [-0.3, -0.25) is 0 Å². The Balaban J connectivity index is 2.75. The van der Waals surface area contributed by atoms with Gasteiger partial charge in [0.2, 0.25) is 10.0 Å². The van der Waals surface area contributed by atoms with E-state index in [-0.39, 0.29) is 5.75 Å². The topological polar surface area (TPSA) is 37.4 Å². The van der Waals surface area contributed by atoms with Gasteiger partial charge in [0, 0.05) is 19.5 Å². The lowest BCUT2D eigenvalue weighted by Gasteiger charge is -2.16. The lowest BCUT2D eigenvalue weighted by atomic mass is 10.2. The van der Waals surface area contributed by atoms with Crippen molar-refractivity contribution in [3.63, 3.8) is 0 Å². The van der Waals surface area contributed by atoms with Crippen LogP contribution in [0.1, 0.15) is 30.9 Å². The number of nitrogens with zero attached hydrogens (tertiary/aromatic N) is 1. The van der Waals surface area contributed by atoms with Crippen LogP contribution in [0.3, 0.4) is 0 Å². The molecule has 1 aromatic carbocycles. The highest BCUT2D eigenvalue weighted by atomic mass is 35.5. The molecule has 102 valence electrons. The summed E-state index contributed by atoms with van der Waals surface area (Å²) in [6.07, 6.45) is 1.87. The van der Waals surface area contributed by atoms with Crippen LogP contribution in [0.25, 0.3) is 0 Å². The van der Waals surface area contributed by atoms with E-state index in [1.54, 1.807) is 7.05 Å². The second-order valence-electron chi connectivity index (χ2n) is 4.38. The van der Waals surface area contributed by atoms with Crippen LogP contribution < -0.4 is 0 Å². The maximum atomic E-state index is 12.1. The molecular formula is C13H20ClNO2S. The number of alkyl halides is 1. The molecule has 1 aromatic rings. The zero-order valence-corrected chi connectivity index (χ0v) is 12.5. The number of unbranched alkanes of at least 4 members (excludes halogenated alkanes) is 1. The van der Waals surface area contributed by atoms with Gasteiger partial charge in [0.05, 0.1) is 5.75 Å². The highest BCUT2D eigenvalue weighted by Gasteiger charge is 2.17. The zero-order chi connectivity index (χ0) is 13.6. The first-order valence-corrected chi connectivity index (χ1v) is 8.21. The van der Waals surface area contributed by atoms with Gasteiger partial charge < -0.3 is 0 Å². The van der Waals surface area contributed by atoms with E-state index in [0.717, 1.165) is 24.0 Å². The van der Waals surface area contributed by atoms with Crippen molar-refractivity contribution in [3.05, 3.63) is 35.4 Å². The molecule has 0 saturated heterocycles. The summed E-state index contributed by atoms with van der Waals surface area (Å²) in [5, 5.41) is 0. The summed E-state index contributed by atoms with van der Waals surface area (Å²) >= 11 is 5.74. The Labute approximate surface area is 115 Å². The maximum Gasteiger partial charge on any atom is 0.218 e. The fourth-order valence-corrected chi connectivity index (χ4v) is 3.04. The Morgan fingerprint density at radius 3 is 2.56 bits per heavy atom. The van der Waals surface area contributed by atoms with E-state index in [2.05, 4.69) is 0 Å². The lowest BCUT2D eigenvalue weighted by molar-refractivity contribution is 0.458. The molecule has 0 fully saturated rings. The quantitative estimate of drug-likeness (QED) is 0.724. The van der Waals surface area contributed by atoms with Gasteiger partial charge >= 0.3 is 0 Å². The van der Waals surface area contributed by atoms with Crippen LogP contribution in [-0.4, -0.2) is 26.3 Å². The molecule has 0 heterocycles. The standard InChI is InChI=1S/C13H20ClNO2S/c1-3-4-8-15(2)18(16,17)11-13-7-5-6-12(9-13)10-14/h5-7,9H,3-4,8,10-11H2,1-2H3. The second-order valence-corrected chi connectivity index (χ2v) is 6.73. The van der Waals surface area contributed by atoms with Crippen molar-refractivity contribution in [1.82, 2.24) is 4.31 Å². The third-order valence-corrected chi connectivity index (χ3v) is 4.94. The average molecular weight is 290 g/mol. The Morgan fingerprint density at radius 1 is 1.28 bits per heavy atom. The molecule has 0 spiro atoms. The molecule has 0 N–H and O–H groups in total. The van der Waals surface area contributed by atoms with Crippen LogP contribution in [0.4, 0.5) is 0 Å². The number of halogens is 1. The SMILES string of the molecule is CCCCN(C)S(=O)(=O)Cc1cccc(CCl)c1. The summed E-state index contributed by atoms with van der Waals surface area (Å²) < 4.78 is 25.6. The number of benzene rings is 1. The number of hydrogen-bond donors (Lipinski definition) is 0. The molecule has 0 atom stereocenters. The number of sulfonamides is 1. The Hall–Kier alpha value is -0.580. The third kappa shape index (κ3) is 4.59. The van der Waals surface area contributed by atoms with Gasteiger partial charge in [0.1, 0.15) is 0 Å². The summed E-state index contributed by atoms with van der Waals surface area (Å²) in [4.78, 5) is 0. The second kappa shape index (κ2) is 7.12. The van der Waals surface area contributed by atoms with E-state index in [9.17, 15) is 8.42 Å². The van der Waals surface area contributed by atoms with Crippen molar-refractivity contribution >= 4 is 21.6 Å². The van der Waals surface area contributed by atoms with E-state index in [0.29, 0.717) is 12.4 Å². The molecule has 0 aliphatic heterocycles. The van der Waals surface area contributed by atoms with Gasteiger partial charge in [-0.1, -0.05) is 37.6 Å². The largest absolute Gasteiger partial charge is 0.218 e. The summed E-state index contributed by atoms with van der Waals surface area (Å²) in [6, 6.07) is 7.40. The van der Waals surface area contributed by atoms with Crippen LogP contribution in [0.15, 0.2) is 24.3 Å². The van der Waals surface area contributed by atoms with Gasteiger partial charge in [-0.15, -0.1) is 11.6 Å². The predicted molar refractivity (Wildman–Crippen MR) is 76.2 cm³/mol. The molecule has 18 heavy (non-hydrogen) atoms. The van der Waals surface area contributed by atoms with Gasteiger partial charge in [-0.2, -0.15) is 0 Å². The normalized spacial score (nSPS) is 12.0. The monoisotopic (exact) mass is 289 g/mol. The van der Waals surface area contributed by atoms with Crippen molar-refractivity contribution in [1.29, 1.82) is 0 Å². The van der Waals surface area contributed by atoms with E-state index in [4.69, 9.17) is 11.6 Å². The van der Waals surface area contributed by atoms with Crippen molar-refractivity contribution in [3.8, 4) is 0 Å². The molecule has 0 saturated carbocycles. The summed E-state index contributed by atoms with van der Waals surface area (Å²) in [6.45, 7) is 2.62. The van der Waals surface area contributed by atoms with E-state index < -0.39 is 10.0 Å². The van der Waals surface area contributed by atoms with E-state index in [1.807, 2.05) is 31.2 Å². The number of rotatable bonds is 7. The Morgan fingerprint density at radius 2 is 1.94 bits per heavy atom. The highest BCUT2D eigenvalue weighted by molar-refractivity contribution is 7.88. The molecule has 0 aliphatic rings. The highest BCUT2D eigenvalue weighted by Crippen LogP contribution is 2.13. The van der Waals surface area contributed by atoms with Gasteiger partial charge in [0.15, 0.2) is 0 Å². The van der Waals surface area contributed by atoms with Crippen molar-refractivity contribution in [2.75, 3.05) is 13.6 Å². The lowest BCUT2D eigenvalue weighted by Crippen LogP contribution is -2.29. The van der Waals surface area contributed by atoms with E-state index >= 15 is 0 Å². The predicted octanol–water partition coefficient (Wildman–Crippen LogP) is 2.99. The molecule has 3 nitrogen and oxygen atoms in total. The first kappa shape index (κ1) is 15.5. The minimum absolute atomic E-state index is 0.0396. The Kier molecular flexibility index (Phi) is 6.12. The summed E-state index contributed by atoms with van der Waals surface area (Å²) in [7, 11) is -1.58. The van der Waals surface area contributed by atoms with Crippen molar-refractivity contribution < 1.29 is 8.42 Å². The molecular weight excluding hydrogens is 270 g/mol. The van der Waals surface area contributed by atoms with Crippen molar-refractivity contribution in [2.24, 2.45) is 0 Å². The van der Waals surface area contributed by atoms with Crippen LogP contribution in [0, 0.1) is 0 Å². The van der Waals surface area contributed by atoms with Gasteiger partial charge in [-0.25, -0.2) is 12.7 Å². The van der Waals surface area contributed by atoms with Crippen LogP contribution in [0.5, 0.6) is 0 Å². The Bertz CT molecular complexity index is 474. The third-order valence-electron chi connectivity index (χ3n) is 2.80. The molecule has 0 unspecified atom stereocenters. The minimum Gasteiger partial charge on any atom is -0.212 e. The van der Waals surface area contributed by atoms with Crippen molar-refractivity contribution in [2.45, 2.75) is 31.4 Å². The molecule has 0 aromatic heterocycles. The summed E-state index contributed by atoms with van der Waals surface area (Å²) in [5.74, 6) is 0.442. The number of hydrogen-bond acceptors (Lipinski definition) is 2. The van der Waals surface area contributed by atoms with Crippen LogP contribution in [0.2, 0.25) is 0 Å². The fraction of sp³-hybridized carbons (Fsp3) is 0.538.